The van der Waals surface area contributed by atoms with Crippen molar-refractivity contribution in [2.45, 2.75) is 45.1 Å². The van der Waals surface area contributed by atoms with Gasteiger partial charge in [-0.1, -0.05) is 25.4 Å². The number of ether oxygens (including phenoxy) is 1. The minimum atomic E-state index is 0.315. The van der Waals surface area contributed by atoms with E-state index in [0.29, 0.717) is 23.1 Å². The Labute approximate surface area is 125 Å². The van der Waals surface area contributed by atoms with Gasteiger partial charge in [0.15, 0.2) is 0 Å². The molecule has 1 saturated heterocycles. The van der Waals surface area contributed by atoms with Gasteiger partial charge in [0, 0.05) is 31.7 Å². The second-order valence-corrected chi connectivity index (χ2v) is 6.65. The maximum absolute atomic E-state index is 6.13. The van der Waals surface area contributed by atoms with Crippen LogP contribution < -0.4 is 4.90 Å². The summed E-state index contributed by atoms with van der Waals surface area (Å²) in [6.07, 6.45) is 3.77. The predicted molar refractivity (Wildman–Crippen MR) is 80.4 cm³/mol. The minimum absolute atomic E-state index is 0.315. The van der Waals surface area contributed by atoms with Crippen LogP contribution in [0.4, 0.5) is 5.82 Å². The Morgan fingerprint density at radius 1 is 1.35 bits per heavy atom. The summed E-state index contributed by atoms with van der Waals surface area (Å²) in [6, 6.07) is 1.87. The van der Waals surface area contributed by atoms with Gasteiger partial charge in [0.25, 0.3) is 0 Å². The normalized spacial score (nSPS) is 22.8. The van der Waals surface area contributed by atoms with Crippen LogP contribution in [0.15, 0.2) is 6.07 Å². The Morgan fingerprint density at radius 2 is 2.15 bits per heavy atom. The molecule has 1 unspecified atom stereocenters. The highest BCUT2D eigenvalue weighted by molar-refractivity contribution is 6.29. The van der Waals surface area contributed by atoms with E-state index in [1.807, 2.05) is 6.07 Å². The molecule has 3 rings (SSSR count). The first-order valence-corrected chi connectivity index (χ1v) is 7.90. The van der Waals surface area contributed by atoms with Crippen LogP contribution in [-0.4, -0.2) is 35.8 Å². The van der Waals surface area contributed by atoms with Gasteiger partial charge in [0.2, 0.25) is 0 Å². The number of aromatic nitrogens is 2. The topological polar surface area (TPSA) is 38.2 Å². The lowest BCUT2D eigenvalue weighted by Gasteiger charge is -2.19. The van der Waals surface area contributed by atoms with Crippen molar-refractivity contribution >= 4 is 17.4 Å². The molecule has 0 spiro atoms. The number of nitrogens with zero attached hydrogens (tertiary/aromatic N) is 3. The van der Waals surface area contributed by atoms with Gasteiger partial charge >= 0.3 is 0 Å². The molecule has 1 atom stereocenters. The van der Waals surface area contributed by atoms with Gasteiger partial charge in [-0.05, 0) is 25.2 Å². The standard InChI is InChI=1S/C15H22ClN3O/c1-10(2)9-20-12-5-6-19(8-12)14-7-13(16)17-15(18-14)11-3-4-11/h7,10-12H,3-6,8-9H2,1-2H3. The Hall–Kier alpha value is -0.870. The molecule has 1 aromatic rings. The van der Waals surface area contributed by atoms with Crippen LogP contribution in [0.3, 0.4) is 0 Å². The summed E-state index contributed by atoms with van der Waals surface area (Å²) in [5.41, 5.74) is 0. The highest BCUT2D eigenvalue weighted by Gasteiger charge is 2.29. The first-order valence-electron chi connectivity index (χ1n) is 7.53. The highest BCUT2D eigenvalue weighted by atomic mass is 35.5. The maximum atomic E-state index is 6.13. The summed E-state index contributed by atoms with van der Waals surface area (Å²) < 4.78 is 5.92. The van der Waals surface area contributed by atoms with Crippen LogP contribution >= 0.6 is 11.6 Å². The lowest BCUT2D eigenvalue weighted by atomic mass is 10.2. The van der Waals surface area contributed by atoms with Crippen LogP contribution in [-0.2, 0) is 4.74 Å². The summed E-state index contributed by atoms with van der Waals surface area (Å²) in [7, 11) is 0. The van der Waals surface area contributed by atoms with Gasteiger partial charge in [0.05, 0.1) is 6.10 Å². The van der Waals surface area contributed by atoms with Gasteiger partial charge in [-0.3, -0.25) is 0 Å². The van der Waals surface area contributed by atoms with Crippen LogP contribution in [0.25, 0.3) is 0 Å². The Balaban J connectivity index is 1.65. The van der Waals surface area contributed by atoms with Gasteiger partial charge in [-0.15, -0.1) is 0 Å². The number of hydrogen-bond acceptors (Lipinski definition) is 4. The quantitative estimate of drug-likeness (QED) is 0.782. The fraction of sp³-hybridized carbons (Fsp3) is 0.733. The SMILES string of the molecule is CC(C)COC1CCN(c2cc(Cl)nc(C3CC3)n2)C1. The lowest BCUT2D eigenvalue weighted by molar-refractivity contribution is 0.0497. The monoisotopic (exact) mass is 295 g/mol. The molecule has 0 aromatic carbocycles. The fourth-order valence-electron chi connectivity index (χ4n) is 2.51. The smallest absolute Gasteiger partial charge is 0.135 e. The van der Waals surface area contributed by atoms with E-state index < -0.39 is 0 Å². The maximum Gasteiger partial charge on any atom is 0.135 e. The van der Waals surface area contributed by atoms with Crippen molar-refractivity contribution in [3.63, 3.8) is 0 Å². The third-order valence-corrected chi connectivity index (χ3v) is 3.97. The zero-order valence-corrected chi connectivity index (χ0v) is 12.9. The first-order chi connectivity index (χ1) is 9.61. The molecule has 1 aliphatic heterocycles. The second-order valence-electron chi connectivity index (χ2n) is 6.27. The van der Waals surface area contributed by atoms with E-state index in [4.69, 9.17) is 16.3 Å². The van der Waals surface area contributed by atoms with Crippen molar-refractivity contribution in [3.8, 4) is 0 Å². The minimum Gasteiger partial charge on any atom is -0.376 e. The number of hydrogen-bond donors (Lipinski definition) is 0. The molecule has 0 N–H and O–H groups in total. The molecule has 20 heavy (non-hydrogen) atoms. The highest BCUT2D eigenvalue weighted by Crippen LogP contribution is 2.39. The summed E-state index contributed by atoms with van der Waals surface area (Å²) in [4.78, 5) is 11.3. The fourth-order valence-corrected chi connectivity index (χ4v) is 2.69. The third kappa shape index (κ3) is 3.41. The predicted octanol–water partition coefficient (Wildman–Crippen LogP) is 3.26. The molecule has 0 bridgehead atoms. The average Bonchev–Trinajstić information content (AvgIpc) is 3.14. The Morgan fingerprint density at radius 3 is 2.85 bits per heavy atom. The molecular weight excluding hydrogens is 274 g/mol. The van der Waals surface area contributed by atoms with Crippen molar-refractivity contribution < 1.29 is 4.74 Å². The lowest BCUT2D eigenvalue weighted by Crippen LogP contribution is -2.25. The Bertz CT molecular complexity index is 476. The first kappa shape index (κ1) is 14.1. The van der Waals surface area contributed by atoms with Crippen molar-refractivity contribution in [2.75, 3.05) is 24.6 Å². The van der Waals surface area contributed by atoms with Gasteiger partial charge in [-0.25, -0.2) is 9.97 Å². The van der Waals surface area contributed by atoms with E-state index in [2.05, 4.69) is 28.7 Å². The van der Waals surface area contributed by atoms with E-state index in [1.165, 1.54) is 12.8 Å². The molecule has 1 aliphatic carbocycles. The third-order valence-electron chi connectivity index (χ3n) is 3.78. The van der Waals surface area contributed by atoms with Gasteiger partial charge in [0.1, 0.15) is 16.8 Å². The molecule has 0 amide bonds. The molecule has 2 aliphatic rings. The molecule has 110 valence electrons. The van der Waals surface area contributed by atoms with Crippen molar-refractivity contribution in [2.24, 2.45) is 5.92 Å². The number of halogens is 1. The van der Waals surface area contributed by atoms with Crippen molar-refractivity contribution in [3.05, 3.63) is 17.0 Å². The zero-order chi connectivity index (χ0) is 14.1. The summed E-state index contributed by atoms with van der Waals surface area (Å²) in [6.45, 7) is 7.08. The van der Waals surface area contributed by atoms with Crippen LogP contribution in [0, 0.1) is 5.92 Å². The van der Waals surface area contributed by atoms with E-state index >= 15 is 0 Å². The summed E-state index contributed by atoms with van der Waals surface area (Å²) in [5, 5.41) is 0.559. The van der Waals surface area contributed by atoms with Gasteiger partial charge in [-0.2, -0.15) is 0 Å². The van der Waals surface area contributed by atoms with E-state index in [9.17, 15) is 0 Å². The number of rotatable bonds is 5. The average molecular weight is 296 g/mol. The molecule has 1 aromatic heterocycles. The molecule has 2 fully saturated rings. The van der Waals surface area contributed by atoms with Crippen molar-refractivity contribution in [1.82, 2.24) is 9.97 Å². The van der Waals surface area contributed by atoms with Crippen LogP contribution in [0.2, 0.25) is 5.15 Å². The van der Waals surface area contributed by atoms with Crippen LogP contribution in [0.1, 0.15) is 44.9 Å². The van der Waals surface area contributed by atoms with Crippen LogP contribution in [0.5, 0.6) is 0 Å². The summed E-state index contributed by atoms with van der Waals surface area (Å²) >= 11 is 6.13. The van der Waals surface area contributed by atoms with Gasteiger partial charge < -0.3 is 9.64 Å². The van der Waals surface area contributed by atoms with E-state index in [0.717, 1.165) is 37.8 Å². The Kier molecular flexibility index (Phi) is 4.13. The van der Waals surface area contributed by atoms with E-state index in [-0.39, 0.29) is 0 Å². The molecule has 0 radical (unpaired) electrons. The molecule has 1 saturated carbocycles. The molecule has 4 nitrogen and oxygen atoms in total. The second kappa shape index (κ2) is 5.86. The summed E-state index contributed by atoms with van der Waals surface area (Å²) in [5.74, 6) is 2.99. The number of anilines is 1. The van der Waals surface area contributed by atoms with E-state index in [1.54, 1.807) is 0 Å². The van der Waals surface area contributed by atoms with Crippen molar-refractivity contribution in [1.29, 1.82) is 0 Å². The molecular formula is C15H22ClN3O. The molecule has 5 heteroatoms. The largest absolute Gasteiger partial charge is 0.376 e. The zero-order valence-electron chi connectivity index (χ0n) is 12.2. The molecule has 2 heterocycles.